The Morgan fingerprint density at radius 2 is 2.11 bits per heavy atom. The van der Waals surface area contributed by atoms with Crippen molar-refractivity contribution in [3.63, 3.8) is 0 Å². The van der Waals surface area contributed by atoms with Gasteiger partial charge in [-0.05, 0) is 12.8 Å². The maximum absolute atomic E-state index is 11.5. The van der Waals surface area contributed by atoms with E-state index < -0.39 is 5.97 Å². The molecule has 0 radical (unpaired) electrons. The van der Waals surface area contributed by atoms with Gasteiger partial charge in [0, 0.05) is 23.6 Å². The van der Waals surface area contributed by atoms with Crippen LogP contribution in [0.1, 0.15) is 58.9 Å². The predicted octanol–water partition coefficient (Wildman–Crippen LogP) is 2.09. The average molecular weight is 262 g/mol. The van der Waals surface area contributed by atoms with E-state index in [1.54, 1.807) is 0 Å². The molecule has 2 heterocycles. The molecular formula is C14H18N2O3. The van der Waals surface area contributed by atoms with E-state index in [-0.39, 0.29) is 5.56 Å². The first-order valence-electron chi connectivity index (χ1n) is 6.80. The number of rotatable bonds is 2. The summed E-state index contributed by atoms with van der Waals surface area (Å²) in [5.74, 6) is -0.646. The summed E-state index contributed by atoms with van der Waals surface area (Å²) < 4.78 is 5.35. The number of anilines is 1. The van der Waals surface area contributed by atoms with Gasteiger partial charge in [-0.2, -0.15) is 0 Å². The Hall–Kier alpha value is -1.62. The zero-order chi connectivity index (χ0) is 13.4. The molecule has 0 bridgehead atoms. The molecule has 1 fully saturated rings. The molecule has 1 aromatic heterocycles. The number of hydrogen-bond acceptors (Lipinski definition) is 4. The third-order valence-corrected chi connectivity index (χ3v) is 4.14. The van der Waals surface area contributed by atoms with E-state index in [2.05, 4.69) is 4.98 Å². The highest BCUT2D eigenvalue weighted by Gasteiger charge is 2.29. The average Bonchev–Trinajstić information content (AvgIpc) is 2.91. The Morgan fingerprint density at radius 3 is 2.79 bits per heavy atom. The standard InChI is InChI=1S/C14H18N2O3/c15-12-11(14(17)18)9-7-19-6-5-10(9)16-13(12)8-3-1-2-4-8/h8H,1-7,15H2,(H,17,18). The van der Waals surface area contributed by atoms with Gasteiger partial charge in [-0.25, -0.2) is 4.79 Å². The van der Waals surface area contributed by atoms with Gasteiger partial charge < -0.3 is 15.6 Å². The molecule has 3 rings (SSSR count). The molecule has 0 amide bonds. The molecule has 5 heteroatoms. The van der Waals surface area contributed by atoms with Crippen LogP contribution in [-0.2, 0) is 17.8 Å². The van der Waals surface area contributed by atoms with Gasteiger partial charge in [-0.3, -0.25) is 4.98 Å². The van der Waals surface area contributed by atoms with E-state index in [4.69, 9.17) is 10.5 Å². The van der Waals surface area contributed by atoms with Gasteiger partial charge in [0.2, 0.25) is 0 Å². The van der Waals surface area contributed by atoms with Crippen molar-refractivity contribution in [2.75, 3.05) is 12.3 Å². The SMILES string of the molecule is Nc1c(C2CCCC2)nc2c(c1C(=O)O)COCC2. The lowest BCUT2D eigenvalue weighted by Crippen LogP contribution is -2.21. The number of carboxylic acids is 1. The number of nitrogen functional groups attached to an aromatic ring is 1. The molecule has 3 N–H and O–H groups in total. The van der Waals surface area contributed by atoms with Gasteiger partial charge >= 0.3 is 5.97 Å². The van der Waals surface area contributed by atoms with Crippen molar-refractivity contribution in [1.82, 2.24) is 4.98 Å². The maximum Gasteiger partial charge on any atom is 0.338 e. The van der Waals surface area contributed by atoms with Crippen LogP contribution in [0.2, 0.25) is 0 Å². The number of carbonyl (C=O) groups is 1. The fraction of sp³-hybridized carbons (Fsp3) is 0.571. The van der Waals surface area contributed by atoms with Crippen LogP contribution in [-0.4, -0.2) is 22.7 Å². The second kappa shape index (κ2) is 4.81. The molecule has 102 valence electrons. The Balaban J connectivity index is 2.15. The molecule has 1 aromatic rings. The molecule has 5 nitrogen and oxygen atoms in total. The predicted molar refractivity (Wildman–Crippen MR) is 70.2 cm³/mol. The zero-order valence-corrected chi connectivity index (χ0v) is 10.8. The van der Waals surface area contributed by atoms with E-state index in [1.807, 2.05) is 0 Å². The number of nitrogens with two attached hydrogens (primary N) is 1. The number of carboxylic acid groups (broad SMARTS) is 1. The molecule has 2 aliphatic rings. The lowest BCUT2D eigenvalue weighted by atomic mass is 9.94. The summed E-state index contributed by atoms with van der Waals surface area (Å²) in [5.41, 5.74) is 8.98. The normalized spacial score (nSPS) is 19.4. The molecule has 1 aliphatic carbocycles. The molecule has 0 saturated heterocycles. The molecule has 0 spiro atoms. The van der Waals surface area contributed by atoms with Crippen molar-refractivity contribution in [3.05, 3.63) is 22.5 Å². The third-order valence-electron chi connectivity index (χ3n) is 4.14. The number of nitrogens with zero attached hydrogens (tertiary/aromatic N) is 1. The van der Waals surface area contributed by atoms with Crippen LogP contribution >= 0.6 is 0 Å². The van der Waals surface area contributed by atoms with Gasteiger partial charge in [0.25, 0.3) is 0 Å². The Kier molecular flexibility index (Phi) is 3.14. The van der Waals surface area contributed by atoms with E-state index >= 15 is 0 Å². The van der Waals surface area contributed by atoms with E-state index in [0.717, 1.165) is 24.2 Å². The fourth-order valence-corrected chi connectivity index (χ4v) is 3.17. The minimum atomic E-state index is -0.971. The van der Waals surface area contributed by atoms with Crippen molar-refractivity contribution in [3.8, 4) is 0 Å². The van der Waals surface area contributed by atoms with Crippen LogP contribution < -0.4 is 5.73 Å². The first-order valence-corrected chi connectivity index (χ1v) is 6.80. The third kappa shape index (κ3) is 2.08. The van der Waals surface area contributed by atoms with Gasteiger partial charge in [-0.15, -0.1) is 0 Å². The van der Waals surface area contributed by atoms with Crippen molar-refractivity contribution >= 4 is 11.7 Å². The quantitative estimate of drug-likeness (QED) is 0.852. The number of ether oxygens (including phenoxy) is 1. The zero-order valence-electron chi connectivity index (χ0n) is 10.8. The lowest BCUT2D eigenvalue weighted by Gasteiger charge is -2.22. The van der Waals surface area contributed by atoms with Crippen molar-refractivity contribution in [2.45, 2.75) is 44.6 Å². The Labute approximate surface area is 111 Å². The topological polar surface area (TPSA) is 85.4 Å². The van der Waals surface area contributed by atoms with E-state index in [0.29, 0.717) is 36.8 Å². The van der Waals surface area contributed by atoms with Gasteiger partial charge in [-0.1, -0.05) is 12.8 Å². The Bertz CT molecular complexity index is 522. The van der Waals surface area contributed by atoms with Crippen LogP contribution in [0.3, 0.4) is 0 Å². The van der Waals surface area contributed by atoms with Crippen LogP contribution in [0.15, 0.2) is 0 Å². The molecule has 19 heavy (non-hydrogen) atoms. The molecular weight excluding hydrogens is 244 g/mol. The number of pyridine rings is 1. The number of fused-ring (bicyclic) bond motifs is 1. The maximum atomic E-state index is 11.5. The first kappa shape index (κ1) is 12.4. The summed E-state index contributed by atoms with van der Waals surface area (Å²) in [6, 6.07) is 0. The Morgan fingerprint density at radius 1 is 1.37 bits per heavy atom. The first-order chi connectivity index (χ1) is 9.18. The highest BCUT2D eigenvalue weighted by molar-refractivity contribution is 5.96. The smallest absolute Gasteiger partial charge is 0.338 e. The number of aromatic carboxylic acids is 1. The van der Waals surface area contributed by atoms with Crippen molar-refractivity contribution in [1.29, 1.82) is 0 Å². The largest absolute Gasteiger partial charge is 0.478 e. The second-order valence-corrected chi connectivity index (χ2v) is 5.30. The monoisotopic (exact) mass is 262 g/mol. The summed E-state index contributed by atoms with van der Waals surface area (Å²) in [6.07, 6.45) is 5.15. The van der Waals surface area contributed by atoms with Crippen LogP contribution in [0, 0.1) is 0 Å². The molecule has 0 atom stereocenters. The van der Waals surface area contributed by atoms with Crippen LogP contribution in [0.5, 0.6) is 0 Å². The highest BCUT2D eigenvalue weighted by Crippen LogP contribution is 2.38. The minimum absolute atomic E-state index is 0.214. The lowest BCUT2D eigenvalue weighted by molar-refractivity contribution is 0.0681. The van der Waals surface area contributed by atoms with E-state index in [1.165, 1.54) is 12.8 Å². The molecule has 1 saturated carbocycles. The van der Waals surface area contributed by atoms with Crippen LogP contribution in [0.4, 0.5) is 5.69 Å². The van der Waals surface area contributed by atoms with Gasteiger partial charge in [0.1, 0.15) is 0 Å². The summed E-state index contributed by atoms with van der Waals surface area (Å²) in [4.78, 5) is 16.2. The second-order valence-electron chi connectivity index (χ2n) is 5.30. The van der Waals surface area contributed by atoms with Crippen LogP contribution in [0.25, 0.3) is 0 Å². The highest BCUT2D eigenvalue weighted by atomic mass is 16.5. The van der Waals surface area contributed by atoms with Crippen molar-refractivity contribution < 1.29 is 14.6 Å². The summed E-state index contributed by atoms with van der Waals surface area (Å²) in [7, 11) is 0. The fourth-order valence-electron chi connectivity index (χ4n) is 3.17. The summed E-state index contributed by atoms with van der Waals surface area (Å²) in [6.45, 7) is 0.909. The minimum Gasteiger partial charge on any atom is -0.478 e. The summed E-state index contributed by atoms with van der Waals surface area (Å²) in [5, 5.41) is 9.43. The van der Waals surface area contributed by atoms with Gasteiger partial charge in [0.15, 0.2) is 0 Å². The van der Waals surface area contributed by atoms with E-state index in [9.17, 15) is 9.90 Å². The number of aromatic nitrogens is 1. The molecule has 0 aromatic carbocycles. The number of hydrogen-bond donors (Lipinski definition) is 2. The van der Waals surface area contributed by atoms with Gasteiger partial charge in [0.05, 0.1) is 30.2 Å². The van der Waals surface area contributed by atoms with Crippen molar-refractivity contribution in [2.24, 2.45) is 0 Å². The molecule has 1 aliphatic heterocycles. The molecule has 0 unspecified atom stereocenters. The summed E-state index contributed by atoms with van der Waals surface area (Å²) >= 11 is 0.